The Hall–Kier alpha value is -4.08. The van der Waals surface area contributed by atoms with Gasteiger partial charge in [0.15, 0.2) is 5.75 Å². The molecule has 1 amide bonds. The minimum absolute atomic E-state index is 0.241. The number of nitrogens with zero attached hydrogens (tertiary/aromatic N) is 1. The van der Waals surface area contributed by atoms with Crippen LogP contribution in [-0.2, 0) is 11.4 Å². The highest BCUT2D eigenvalue weighted by Gasteiger charge is 2.20. The monoisotopic (exact) mass is 504 g/mol. The van der Waals surface area contributed by atoms with Crippen molar-refractivity contribution >= 4 is 28.6 Å². The molecule has 9 heteroatoms. The third kappa shape index (κ3) is 6.32. The van der Waals surface area contributed by atoms with Gasteiger partial charge in [0.2, 0.25) is 4.90 Å². The van der Waals surface area contributed by atoms with Gasteiger partial charge in [-0.05, 0) is 48.0 Å². The van der Waals surface area contributed by atoms with Crippen LogP contribution >= 0.6 is 0 Å². The lowest BCUT2D eigenvalue weighted by atomic mass is 10.1. The average Bonchev–Trinajstić information content (AvgIpc) is 2.91. The second-order valence-electron chi connectivity index (χ2n) is 7.69. The maximum absolute atomic E-state index is 14.3. The van der Waals surface area contributed by atoms with Crippen LogP contribution < -0.4 is 20.1 Å². The molecule has 3 aromatic carbocycles. The van der Waals surface area contributed by atoms with Crippen molar-refractivity contribution in [3.63, 3.8) is 0 Å². The minimum atomic E-state index is -1.67. The molecule has 0 aliphatic carbocycles. The van der Waals surface area contributed by atoms with Crippen LogP contribution in [0.1, 0.15) is 10.5 Å². The Kier molecular flexibility index (Phi) is 8.38. The number of hydrogen-bond donors (Lipinski definition) is 3. The molecule has 0 saturated heterocycles. The molecule has 0 spiro atoms. The van der Waals surface area contributed by atoms with E-state index in [1.807, 2.05) is 18.2 Å². The lowest BCUT2D eigenvalue weighted by Gasteiger charge is -2.16. The highest BCUT2D eigenvalue weighted by Crippen LogP contribution is 2.32. The zero-order valence-corrected chi connectivity index (χ0v) is 20.3. The second-order valence-corrected chi connectivity index (χ2v) is 8.88. The summed E-state index contributed by atoms with van der Waals surface area (Å²) in [5.74, 6) is -0.170. The molecule has 0 aliphatic rings. The molecule has 0 radical (unpaired) electrons. The van der Waals surface area contributed by atoms with Crippen LogP contribution in [0.15, 0.2) is 96.0 Å². The van der Waals surface area contributed by atoms with Gasteiger partial charge < -0.3 is 19.9 Å². The van der Waals surface area contributed by atoms with Crippen LogP contribution in [0.25, 0.3) is 11.1 Å². The summed E-state index contributed by atoms with van der Waals surface area (Å²) in [5.41, 5.74) is 2.79. The Labute approximate surface area is 212 Å². The molecule has 3 N–H and O–H groups in total. The van der Waals surface area contributed by atoms with E-state index in [9.17, 15) is 13.7 Å². The molecule has 1 atom stereocenters. The first-order valence-corrected chi connectivity index (χ1v) is 12.3. The van der Waals surface area contributed by atoms with E-state index < -0.39 is 11.4 Å². The van der Waals surface area contributed by atoms with Crippen molar-refractivity contribution in [2.75, 3.05) is 30.2 Å². The number of carbonyl (C=O) groups is 1. The number of halogens is 1. The molecule has 1 heterocycles. The highest BCUT2D eigenvalue weighted by atomic mass is 32.2. The summed E-state index contributed by atoms with van der Waals surface area (Å²) in [6, 6.07) is 24.0. The van der Waals surface area contributed by atoms with E-state index in [0.29, 0.717) is 46.2 Å². The largest absolute Gasteiger partial charge is 0.588 e. The first-order valence-electron chi connectivity index (χ1n) is 11.2. The summed E-state index contributed by atoms with van der Waals surface area (Å²) in [5, 5.41) is 6.03. The Balaban J connectivity index is 1.39. The second kappa shape index (κ2) is 12.1. The predicted octanol–water partition coefficient (Wildman–Crippen LogP) is 4.87. The number of ether oxygens (including phenoxy) is 1. The molecule has 0 aliphatic heterocycles. The van der Waals surface area contributed by atoms with Crippen molar-refractivity contribution in [2.45, 2.75) is 4.90 Å². The van der Waals surface area contributed by atoms with E-state index in [4.69, 9.17) is 4.74 Å². The SMILES string of the molecule is COc1ccc(-c2ccccc2F)cc1[S+]([O-])Nc1cccc(NCCNC(=O)c2ccccn2)c1. The van der Waals surface area contributed by atoms with Gasteiger partial charge in [0.05, 0.1) is 12.8 Å². The molecule has 4 aromatic rings. The minimum Gasteiger partial charge on any atom is -0.588 e. The van der Waals surface area contributed by atoms with Gasteiger partial charge >= 0.3 is 0 Å². The lowest BCUT2D eigenvalue weighted by Crippen LogP contribution is -2.29. The Morgan fingerprint density at radius 3 is 2.56 bits per heavy atom. The standard InChI is InChI=1S/C27H25FN4O3S/c1-35-25-13-12-19(22-9-2-3-10-23(22)28)17-26(25)36(34)32-21-8-6-7-20(18-21)29-15-16-31-27(33)24-11-4-5-14-30-24/h2-14,17-18,29,32H,15-16H2,1H3,(H,31,33). The summed E-state index contributed by atoms with van der Waals surface area (Å²) in [4.78, 5) is 16.5. The Morgan fingerprint density at radius 2 is 1.78 bits per heavy atom. The van der Waals surface area contributed by atoms with Crippen LogP contribution in [-0.4, -0.2) is 35.6 Å². The zero-order chi connectivity index (χ0) is 25.3. The van der Waals surface area contributed by atoms with E-state index in [0.717, 1.165) is 5.69 Å². The smallest absolute Gasteiger partial charge is 0.269 e. The van der Waals surface area contributed by atoms with Gasteiger partial charge in [0.25, 0.3) is 5.91 Å². The fourth-order valence-corrected chi connectivity index (χ4v) is 4.53. The first kappa shape index (κ1) is 25.0. The van der Waals surface area contributed by atoms with Gasteiger partial charge in [-0.1, -0.05) is 36.4 Å². The number of methoxy groups -OCH3 is 1. The van der Waals surface area contributed by atoms with Gasteiger partial charge in [0, 0.05) is 36.6 Å². The third-order valence-electron chi connectivity index (χ3n) is 5.26. The fraction of sp³-hybridized carbons (Fsp3) is 0.111. The molecule has 1 unspecified atom stereocenters. The molecule has 7 nitrogen and oxygen atoms in total. The van der Waals surface area contributed by atoms with E-state index in [-0.39, 0.29) is 11.7 Å². The van der Waals surface area contributed by atoms with Gasteiger partial charge in [-0.2, -0.15) is 0 Å². The number of hydrogen-bond acceptors (Lipinski definition) is 6. The molecule has 0 fully saturated rings. The van der Waals surface area contributed by atoms with Crippen LogP contribution in [0, 0.1) is 5.82 Å². The Bertz CT molecular complexity index is 1320. The topological polar surface area (TPSA) is 98.3 Å². The van der Waals surface area contributed by atoms with E-state index in [1.54, 1.807) is 66.9 Å². The average molecular weight is 505 g/mol. The molecule has 36 heavy (non-hydrogen) atoms. The fourth-order valence-electron chi connectivity index (χ4n) is 3.51. The molecule has 184 valence electrons. The molecule has 0 saturated carbocycles. The maximum atomic E-state index is 14.3. The van der Waals surface area contributed by atoms with Crippen LogP contribution in [0.4, 0.5) is 15.8 Å². The number of amides is 1. The molecular formula is C27H25FN4O3S. The first-order chi connectivity index (χ1) is 17.5. The summed E-state index contributed by atoms with van der Waals surface area (Å²) < 4.78 is 35.8. The Morgan fingerprint density at radius 1 is 0.972 bits per heavy atom. The summed E-state index contributed by atoms with van der Waals surface area (Å²) in [7, 11) is 1.50. The predicted molar refractivity (Wildman–Crippen MR) is 140 cm³/mol. The summed E-state index contributed by atoms with van der Waals surface area (Å²) in [6.07, 6.45) is 1.57. The van der Waals surface area contributed by atoms with Crippen molar-refractivity contribution in [1.29, 1.82) is 0 Å². The molecule has 1 aromatic heterocycles. The third-order valence-corrected chi connectivity index (χ3v) is 6.40. The number of aromatic nitrogens is 1. The highest BCUT2D eigenvalue weighted by molar-refractivity contribution is 7.92. The van der Waals surface area contributed by atoms with Crippen molar-refractivity contribution in [1.82, 2.24) is 10.3 Å². The summed E-state index contributed by atoms with van der Waals surface area (Å²) >= 11 is -1.67. The van der Waals surface area contributed by atoms with Crippen LogP contribution in [0.2, 0.25) is 0 Å². The van der Waals surface area contributed by atoms with E-state index in [1.165, 1.54) is 13.2 Å². The van der Waals surface area contributed by atoms with Crippen molar-refractivity contribution in [2.24, 2.45) is 0 Å². The van der Waals surface area contributed by atoms with Gasteiger partial charge in [-0.25, -0.2) is 9.11 Å². The maximum Gasteiger partial charge on any atom is 0.269 e. The van der Waals surface area contributed by atoms with Crippen LogP contribution in [0.5, 0.6) is 5.75 Å². The normalized spacial score (nSPS) is 11.4. The number of benzene rings is 3. The quantitative estimate of drug-likeness (QED) is 0.211. The van der Waals surface area contributed by atoms with E-state index >= 15 is 0 Å². The summed E-state index contributed by atoms with van der Waals surface area (Å²) in [6.45, 7) is 0.892. The number of nitrogens with one attached hydrogen (secondary N) is 3. The number of anilines is 2. The van der Waals surface area contributed by atoms with Gasteiger partial charge in [-0.3, -0.25) is 9.78 Å². The number of carbonyl (C=O) groups excluding carboxylic acids is 1. The van der Waals surface area contributed by atoms with Crippen molar-refractivity contribution in [3.8, 4) is 16.9 Å². The van der Waals surface area contributed by atoms with Gasteiger partial charge in [0.1, 0.15) is 22.9 Å². The molecule has 4 rings (SSSR count). The van der Waals surface area contributed by atoms with Crippen LogP contribution in [0.3, 0.4) is 0 Å². The lowest BCUT2D eigenvalue weighted by molar-refractivity contribution is 0.0950. The van der Waals surface area contributed by atoms with Crippen molar-refractivity contribution < 1.29 is 18.5 Å². The van der Waals surface area contributed by atoms with Crippen molar-refractivity contribution in [3.05, 3.63) is 103 Å². The number of pyridine rings is 1. The molecule has 0 bridgehead atoms. The molecular weight excluding hydrogens is 479 g/mol. The van der Waals surface area contributed by atoms with E-state index in [2.05, 4.69) is 20.3 Å². The zero-order valence-electron chi connectivity index (χ0n) is 19.5. The number of rotatable bonds is 10. The van der Waals surface area contributed by atoms with Gasteiger partial charge in [-0.15, -0.1) is 0 Å².